The molecule has 1 aliphatic carbocycles. The lowest BCUT2D eigenvalue weighted by Gasteiger charge is -2.33. The smallest absolute Gasteiger partial charge is 0.224 e. The van der Waals surface area contributed by atoms with E-state index in [9.17, 15) is 10.1 Å². The molecule has 17 heavy (non-hydrogen) atoms. The van der Waals surface area contributed by atoms with Crippen molar-refractivity contribution in [2.45, 2.75) is 50.5 Å². The van der Waals surface area contributed by atoms with Gasteiger partial charge in [-0.2, -0.15) is 17.0 Å². The molecule has 1 amide bonds. The molecule has 1 saturated heterocycles. The van der Waals surface area contributed by atoms with Crippen molar-refractivity contribution >= 4 is 17.7 Å². The molecular formula is C13H20N2OS. The highest BCUT2D eigenvalue weighted by molar-refractivity contribution is 7.99. The van der Waals surface area contributed by atoms with Gasteiger partial charge in [0, 0.05) is 5.92 Å². The van der Waals surface area contributed by atoms with Gasteiger partial charge in [0.1, 0.15) is 5.54 Å². The highest BCUT2D eigenvalue weighted by atomic mass is 32.2. The summed E-state index contributed by atoms with van der Waals surface area (Å²) in [5.41, 5.74) is -0.570. The van der Waals surface area contributed by atoms with Crippen molar-refractivity contribution in [3.05, 3.63) is 0 Å². The lowest BCUT2D eigenvalue weighted by atomic mass is 9.86. The molecule has 1 saturated carbocycles. The molecule has 2 rings (SSSR count). The largest absolute Gasteiger partial charge is 0.338 e. The first kappa shape index (κ1) is 12.8. The Hall–Kier alpha value is -0.690. The predicted octanol–water partition coefficient (Wildman–Crippen LogP) is 2.47. The molecule has 94 valence electrons. The second kappa shape index (κ2) is 5.77. The van der Waals surface area contributed by atoms with E-state index in [2.05, 4.69) is 11.4 Å². The molecule has 1 N–H and O–H groups in total. The number of carbonyl (C=O) groups is 1. The second-order valence-corrected chi connectivity index (χ2v) is 6.36. The molecule has 3 nitrogen and oxygen atoms in total. The van der Waals surface area contributed by atoms with Gasteiger partial charge in [0.05, 0.1) is 6.07 Å². The molecule has 0 radical (unpaired) electrons. The molecular weight excluding hydrogens is 232 g/mol. The third kappa shape index (κ3) is 3.16. The van der Waals surface area contributed by atoms with E-state index in [1.165, 1.54) is 6.42 Å². The molecule has 0 spiro atoms. The molecule has 1 heterocycles. The molecule has 4 heteroatoms. The zero-order chi connectivity index (χ0) is 12.1. The number of nitrogens with one attached hydrogen (secondary N) is 1. The molecule has 0 aromatic rings. The van der Waals surface area contributed by atoms with Crippen LogP contribution in [0.15, 0.2) is 0 Å². The quantitative estimate of drug-likeness (QED) is 0.821. The van der Waals surface area contributed by atoms with E-state index < -0.39 is 5.54 Å². The van der Waals surface area contributed by atoms with Crippen molar-refractivity contribution in [2.75, 3.05) is 11.5 Å². The number of carbonyl (C=O) groups excluding carboxylic acids is 1. The molecule has 0 aromatic carbocycles. The summed E-state index contributed by atoms with van der Waals surface area (Å²) in [6, 6.07) is 2.34. The van der Waals surface area contributed by atoms with Crippen LogP contribution >= 0.6 is 11.8 Å². The van der Waals surface area contributed by atoms with E-state index in [1.54, 1.807) is 0 Å². The van der Waals surface area contributed by atoms with Crippen molar-refractivity contribution in [3.63, 3.8) is 0 Å². The Labute approximate surface area is 107 Å². The normalized spacial score (nSPS) is 24.9. The fourth-order valence-electron chi connectivity index (χ4n) is 2.69. The van der Waals surface area contributed by atoms with Crippen molar-refractivity contribution in [1.29, 1.82) is 5.26 Å². The Morgan fingerprint density at radius 3 is 2.47 bits per heavy atom. The highest BCUT2D eigenvalue weighted by Crippen LogP contribution is 2.29. The maximum absolute atomic E-state index is 12.2. The summed E-state index contributed by atoms with van der Waals surface area (Å²) in [7, 11) is 0. The fourth-order valence-corrected chi connectivity index (χ4v) is 3.88. The van der Waals surface area contributed by atoms with E-state index in [0.29, 0.717) is 0 Å². The van der Waals surface area contributed by atoms with Gasteiger partial charge < -0.3 is 5.32 Å². The molecule has 0 aromatic heterocycles. The van der Waals surface area contributed by atoms with Gasteiger partial charge in [-0.25, -0.2) is 0 Å². The van der Waals surface area contributed by atoms with Crippen LogP contribution in [0.25, 0.3) is 0 Å². The average Bonchev–Trinajstić information content (AvgIpc) is 2.41. The Kier molecular flexibility index (Phi) is 4.33. The molecule has 2 aliphatic rings. The SMILES string of the molecule is N#CC1(NC(=O)C2CCCCC2)CCSCC1. The van der Waals surface area contributed by atoms with Gasteiger partial charge in [0.25, 0.3) is 0 Å². The van der Waals surface area contributed by atoms with Crippen molar-refractivity contribution in [1.82, 2.24) is 5.32 Å². The maximum atomic E-state index is 12.2. The predicted molar refractivity (Wildman–Crippen MR) is 69.6 cm³/mol. The Morgan fingerprint density at radius 2 is 1.88 bits per heavy atom. The Bertz CT molecular complexity index is 312. The number of hydrogen-bond acceptors (Lipinski definition) is 3. The van der Waals surface area contributed by atoms with Crippen LogP contribution in [0, 0.1) is 17.2 Å². The Balaban J connectivity index is 1.93. The topological polar surface area (TPSA) is 52.9 Å². The van der Waals surface area contributed by atoms with Crippen LogP contribution < -0.4 is 5.32 Å². The van der Waals surface area contributed by atoms with Crippen LogP contribution in [0.5, 0.6) is 0 Å². The van der Waals surface area contributed by atoms with Crippen LogP contribution in [-0.4, -0.2) is 23.0 Å². The van der Waals surface area contributed by atoms with Crippen LogP contribution in [0.2, 0.25) is 0 Å². The van der Waals surface area contributed by atoms with E-state index >= 15 is 0 Å². The molecule has 1 aliphatic heterocycles. The number of nitrogens with zero attached hydrogens (tertiary/aromatic N) is 1. The molecule has 0 bridgehead atoms. The van der Waals surface area contributed by atoms with Gasteiger partial charge >= 0.3 is 0 Å². The zero-order valence-electron chi connectivity index (χ0n) is 10.2. The average molecular weight is 252 g/mol. The van der Waals surface area contributed by atoms with Crippen molar-refractivity contribution in [3.8, 4) is 6.07 Å². The van der Waals surface area contributed by atoms with Gasteiger partial charge in [-0.1, -0.05) is 19.3 Å². The number of nitriles is 1. The molecule has 0 atom stereocenters. The van der Waals surface area contributed by atoms with Gasteiger partial charge in [-0.05, 0) is 37.2 Å². The summed E-state index contributed by atoms with van der Waals surface area (Å²) in [5.74, 6) is 2.25. The zero-order valence-corrected chi connectivity index (χ0v) is 11.0. The van der Waals surface area contributed by atoms with Crippen molar-refractivity contribution < 1.29 is 4.79 Å². The minimum atomic E-state index is -0.570. The van der Waals surface area contributed by atoms with Gasteiger partial charge in [-0.3, -0.25) is 4.79 Å². The van der Waals surface area contributed by atoms with Crippen LogP contribution in [0.1, 0.15) is 44.9 Å². The van der Waals surface area contributed by atoms with Gasteiger partial charge in [0.15, 0.2) is 0 Å². The summed E-state index contributed by atoms with van der Waals surface area (Å²) in [6.45, 7) is 0. The van der Waals surface area contributed by atoms with Crippen molar-refractivity contribution in [2.24, 2.45) is 5.92 Å². The van der Waals surface area contributed by atoms with Gasteiger partial charge in [-0.15, -0.1) is 0 Å². The monoisotopic (exact) mass is 252 g/mol. The Morgan fingerprint density at radius 1 is 1.24 bits per heavy atom. The lowest BCUT2D eigenvalue weighted by molar-refractivity contribution is -0.127. The summed E-state index contributed by atoms with van der Waals surface area (Å²) in [4.78, 5) is 12.2. The maximum Gasteiger partial charge on any atom is 0.224 e. The van der Waals surface area contributed by atoms with Gasteiger partial charge in [0.2, 0.25) is 5.91 Å². The third-order valence-electron chi connectivity index (χ3n) is 3.90. The fraction of sp³-hybridized carbons (Fsp3) is 0.846. The number of amides is 1. The summed E-state index contributed by atoms with van der Waals surface area (Å²) >= 11 is 1.87. The molecule has 0 unspecified atom stereocenters. The summed E-state index contributed by atoms with van der Waals surface area (Å²) in [6.07, 6.45) is 7.17. The highest BCUT2D eigenvalue weighted by Gasteiger charge is 2.35. The van der Waals surface area contributed by atoms with E-state index in [0.717, 1.165) is 50.0 Å². The first-order chi connectivity index (χ1) is 8.26. The second-order valence-electron chi connectivity index (χ2n) is 5.13. The standard InChI is InChI=1S/C13H20N2OS/c14-10-13(6-8-17-9-7-13)15-12(16)11-4-2-1-3-5-11/h11H,1-9H2,(H,15,16). The first-order valence-electron chi connectivity index (χ1n) is 6.57. The van der Waals surface area contributed by atoms with E-state index in [1.807, 2.05) is 11.8 Å². The minimum absolute atomic E-state index is 0.123. The first-order valence-corrected chi connectivity index (χ1v) is 7.72. The lowest BCUT2D eigenvalue weighted by Crippen LogP contribution is -2.51. The van der Waals surface area contributed by atoms with E-state index in [-0.39, 0.29) is 11.8 Å². The number of thioether (sulfide) groups is 1. The van der Waals surface area contributed by atoms with E-state index in [4.69, 9.17) is 0 Å². The van der Waals surface area contributed by atoms with Crippen LogP contribution in [-0.2, 0) is 4.79 Å². The minimum Gasteiger partial charge on any atom is -0.338 e. The summed E-state index contributed by atoms with van der Waals surface area (Å²) < 4.78 is 0. The summed E-state index contributed by atoms with van der Waals surface area (Å²) in [5, 5.41) is 12.4. The number of rotatable bonds is 2. The number of hydrogen-bond donors (Lipinski definition) is 1. The van der Waals surface area contributed by atoms with Crippen LogP contribution in [0.4, 0.5) is 0 Å². The third-order valence-corrected chi connectivity index (χ3v) is 4.88. The molecule has 2 fully saturated rings. The van der Waals surface area contributed by atoms with Crippen LogP contribution in [0.3, 0.4) is 0 Å².